The van der Waals surface area contributed by atoms with Gasteiger partial charge in [0.15, 0.2) is 0 Å². The molecule has 2 rings (SSSR count). The second-order valence-corrected chi connectivity index (χ2v) is 6.29. The first-order valence-electron chi connectivity index (χ1n) is 6.15. The van der Waals surface area contributed by atoms with Crippen LogP contribution in [0.1, 0.15) is 33.1 Å². The van der Waals surface area contributed by atoms with Crippen molar-refractivity contribution in [1.29, 1.82) is 0 Å². The van der Waals surface area contributed by atoms with Gasteiger partial charge < -0.3 is 4.90 Å². The number of carbonyl (C=O) groups is 1. The van der Waals surface area contributed by atoms with Crippen LogP contribution in [0.2, 0.25) is 0 Å². The smallest absolute Gasteiger partial charge is 0.223 e. The maximum absolute atomic E-state index is 11.9. The molecule has 1 spiro atoms. The topological polar surface area (TPSA) is 23.6 Å². The average molecular weight is 242 g/mol. The van der Waals surface area contributed by atoms with Crippen molar-refractivity contribution < 1.29 is 4.79 Å². The zero-order chi connectivity index (χ0) is 11.8. The molecule has 0 aromatic carbocycles. The molecule has 0 unspecified atom stereocenters. The molecule has 2 fully saturated rings. The lowest BCUT2D eigenvalue weighted by molar-refractivity contribution is -0.129. The summed E-state index contributed by atoms with van der Waals surface area (Å²) in [6.07, 6.45) is 5.29. The fourth-order valence-electron chi connectivity index (χ4n) is 2.88. The van der Waals surface area contributed by atoms with Gasteiger partial charge in [0.2, 0.25) is 5.91 Å². The third-order valence-electron chi connectivity index (χ3n) is 4.02. The summed E-state index contributed by atoms with van der Waals surface area (Å²) in [7, 11) is 0. The molecule has 2 saturated heterocycles. The summed E-state index contributed by atoms with van der Waals surface area (Å²) in [5.41, 5.74) is 0.299. The van der Waals surface area contributed by atoms with Crippen molar-refractivity contribution in [2.75, 3.05) is 25.9 Å². The molecule has 0 bridgehead atoms. The van der Waals surface area contributed by atoms with Gasteiger partial charge in [-0.1, -0.05) is 11.9 Å². The normalized spacial score (nSPS) is 26.0. The first-order chi connectivity index (χ1) is 7.56. The summed E-state index contributed by atoms with van der Waals surface area (Å²) in [5, 5.41) is 0. The number of piperidine rings is 1. The highest BCUT2D eigenvalue weighted by Crippen LogP contribution is 2.42. The molecule has 2 heterocycles. The van der Waals surface area contributed by atoms with Crippen LogP contribution in [-0.2, 0) is 4.79 Å². The number of likely N-dealkylation sites (tertiary alicyclic amines) is 1. The van der Waals surface area contributed by atoms with E-state index in [-0.39, 0.29) is 0 Å². The summed E-state index contributed by atoms with van der Waals surface area (Å²) in [4.78, 5) is 14.0. The van der Waals surface area contributed by atoms with Crippen molar-refractivity contribution in [3.8, 4) is 0 Å². The summed E-state index contributed by atoms with van der Waals surface area (Å²) in [5.74, 6) is 0.368. The van der Waals surface area contributed by atoms with Crippen LogP contribution in [0.25, 0.3) is 0 Å². The van der Waals surface area contributed by atoms with Gasteiger partial charge in [-0.3, -0.25) is 9.10 Å². The Kier molecular flexibility index (Phi) is 3.50. The Morgan fingerprint density at radius 2 is 1.94 bits per heavy atom. The number of rotatable bonds is 2. The number of nitrogens with zero attached hydrogens (tertiary/aromatic N) is 2. The van der Waals surface area contributed by atoms with Crippen LogP contribution in [0, 0.1) is 5.41 Å². The lowest BCUT2D eigenvalue weighted by atomic mass is 9.78. The number of carbonyl (C=O) groups excluding carboxylic acids is 1. The Bertz CT molecular complexity index is 272. The van der Waals surface area contributed by atoms with E-state index in [2.05, 4.69) is 29.3 Å². The molecule has 0 saturated carbocycles. The largest absolute Gasteiger partial charge is 0.340 e. The van der Waals surface area contributed by atoms with Gasteiger partial charge in [0.1, 0.15) is 0 Å². The Morgan fingerprint density at radius 1 is 1.31 bits per heavy atom. The van der Waals surface area contributed by atoms with Crippen LogP contribution in [0.15, 0.2) is 0 Å². The van der Waals surface area contributed by atoms with Crippen LogP contribution in [0.3, 0.4) is 0 Å². The number of amides is 1. The number of hydrogen-bond acceptors (Lipinski definition) is 3. The van der Waals surface area contributed by atoms with Crippen LogP contribution in [0.4, 0.5) is 0 Å². The zero-order valence-corrected chi connectivity index (χ0v) is 11.3. The Balaban J connectivity index is 1.99. The van der Waals surface area contributed by atoms with E-state index >= 15 is 0 Å². The molecule has 4 heteroatoms. The molecule has 92 valence electrons. The molecule has 2 aliphatic rings. The molecule has 0 aliphatic carbocycles. The highest BCUT2D eigenvalue weighted by Gasteiger charge is 2.45. The van der Waals surface area contributed by atoms with Crippen LogP contribution < -0.4 is 0 Å². The quantitative estimate of drug-likeness (QED) is 0.692. The number of hydrogen-bond donors (Lipinski definition) is 0. The molecule has 16 heavy (non-hydrogen) atoms. The van der Waals surface area contributed by atoms with Crippen molar-refractivity contribution in [1.82, 2.24) is 9.21 Å². The van der Waals surface area contributed by atoms with Gasteiger partial charge in [0.05, 0.1) is 0 Å². The molecular weight excluding hydrogens is 220 g/mol. The van der Waals surface area contributed by atoms with Gasteiger partial charge in [0, 0.05) is 32.1 Å². The predicted octanol–water partition coefficient (Wildman–Crippen LogP) is 1.99. The van der Waals surface area contributed by atoms with Crippen LogP contribution in [0.5, 0.6) is 0 Å². The third-order valence-corrected chi connectivity index (χ3v) is 4.90. The van der Waals surface area contributed by atoms with Gasteiger partial charge in [-0.15, -0.1) is 0 Å². The fraction of sp³-hybridized carbons (Fsp3) is 0.917. The van der Waals surface area contributed by atoms with E-state index < -0.39 is 0 Å². The summed E-state index contributed by atoms with van der Waals surface area (Å²) in [6.45, 7) is 7.51. The van der Waals surface area contributed by atoms with Gasteiger partial charge in [-0.2, -0.15) is 0 Å². The summed E-state index contributed by atoms with van der Waals surface area (Å²) < 4.78 is 2.41. The van der Waals surface area contributed by atoms with E-state index in [0.29, 0.717) is 17.4 Å². The zero-order valence-electron chi connectivity index (χ0n) is 10.5. The van der Waals surface area contributed by atoms with Gasteiger partial charge in [-0.25, -0.2) is 0 Å². The van der Waals surface area contributed by atoms with Crippen molar-refractivity contribution in [3.05, 3.63) is 0 Å². The SMILES string of the molecule is CSN1CCC2(CC1)CC(=O)N(C(C)C)C2. The van der Waals surface area contributed by atoms with Crippen LogP contribution >= 0.6 is 11.9 Å². The maximum Gasteiger partial charge on any atom is 0.223 e. The monoisotopic (exact) mass is 242 g/mol. The molecule has 2 aliphatic heterocycles. The Morgan fingerprint density at radius 3 is 2.38 bits per heavy atom. The summed E-state index contributed by atoms with van der Waals surface area (Å²) in [6, 6.07) is 0.366. The predicted molar refractivity (Wildman–Crippen MR) is 68.2 cm³/mol. The molecule has 3 nitrogen and oxygen atoms in total. The van der Waals surface area contributed by atoms with Crippen molar-refractivity contribution in [2.45, 2.75) is 39.2 Å². The van der Waals surface area contributed by atoms with E-state index in [4.69, 9.17) is 0 Å². The minimum Gasteiger partial charge on any atom is -0.340 e. The maximum atomic E-state index is 11.9. The Labute approximate surface area is 103 Å². The highest BCUT2D eigenvalue weighted by atomic mass is 32.2. The fourth-order valence-corrected chi connectivity index (χ4v) is 3.42. The first-order valence-corrected chi connectivity index (χ1v) is 7.33. The van der Waals surface area contributed by atoms with E-state index in [1.165, 1.54) is 12.8 Å². The molecule has 0 aromatic heterocycles. The lowest BCUT2D eigenvalue weighted by Gasteiger charge is -2.38. The molecule has 0 radical (unpaired) electrons. The van der Waals surface area contributed by atoms with E-state index in [0.717, 1.165) is 26.1 Å². The van der Waals surface area contributed by atoms with Crippen molar-refractivity contribution >= 4 is 17.9 Å². The molecule has 0 atom stereocenters. The van der Waals surface area contributed by atoms with E-state index in [1.54, 1.807) is 0 Å². The molecule has 1 amide bonds. The minimum atomic E-state index is 0.299. The van der Waals surface area contributed by atoms with Crippen molar-refractivity contribution in [2.24, 2.45) is 5.41 Å². The molecule has 0 aromatic rings. The second-order valence-electron chi connectivity index (χ2n) is 5.40. The van der Waals surface area contributed by atoms with E-state index in [9.17, 15) is 4.79 Å². The van der Waals surface area contributed by atoms with E-state index in [1.807, 2.05) is 11.9 Å². The van der Waals surface area contributed by atoms with Gasteiger partial charge >= 0.3 is 0 Å². The summed E-state index contributed by atoms with van der Waals surface area (Å²) >= 11 is 1.83. The third kappa shape index (κ3) is 2.23. The van der Waals surface area contributed by atoms with Gasteiger partial charge in [0.25, 0.3) is 0 Å². The first kappa shape index (κ1) is 12.2. The lowest BCUT2D eigenvalue weighted by Crippen LogP contribution is -2.40. The Hall–Kier alpha value is -0.220. The van der Waals surface area contributed by atoms with Crippen LogP contribution in [-0.4, -0.2) is 47.0 Å². The van der Waals surface area contributed by atoms with Crippen molar-refractivity contribution in [3.63, 3.8) is 0 Å². The standard InChI is InChI=1S/C12H22N2OS/c1-10(2)14-9-12(8-11(14)15)4-6-13(16-3)7-5-12/h10H,4-9H2,1-3H3. The minimum absolute atomic E-state index is 0.299. The van der Waals surface area contributed by atoms with Gasteiger partial charge in [-0.05, 0) is 38.4 Å². The second kappa shape index (κ2) is 4.57. The molecular formula is C12H22N2OS. The highest BCUT2D eigenvalue weighted by molar-refractivity contribution is 7.96. The molecule has 0 N–H and O–H groups in total. The average Bonchev–Trinajstić information content (AvgIpc) is 2.57.